The lowest BCUT2D eigenvalue weighted by Crippen LogP contribution is -2.25. The fraction of sp³-hybridized carbons (Fsp3) is 0.333. The Labute approximate surface area is 132 Å². The molecular weight excluding hydrogens is 282 g/mol. The minimum absolute atomic E-state index is 0.475. The smallest absolute Gasteiger partial charge is 0.118 e. The Balaban J connectivity index is 1.73. The second-order valence-electron chi connectivity index (χ2n) is 5.30. The molecule has 0 radical (unpaired) electrons. The summed E-state index contributed by atoms with van der Waals surface area (Å²) < 4.78 is 5.17. The van der Waals surface area contributed by atoms with Crippen LogP contribution in [0.25, 0.3) is 0 Å². The minimum Gasteiger partial charge on any atom is -0.497 e. The molecule has 2 aromatic rings. The highest BCUT2D eigenvalue weighted by Crippen LogP contribution is 2.13. The summed E-state index contributed by atoms with van der Waals surface area (Å²) in [5.74, 6) is 0.910. The van der Waals surface area contributed by atoms with Crippen LogP contribution in [0, 0.1) is 0 Å². The summed E-state index contributed by atoms with van der Waals surface area (Å²) in [5, 5.41) is 4.33. The number of nitrogens with one attached hydrogen (secondary N) is 1. The Bertz CT molecular complexity index is 536. The van der Waals surface area contributed by atoms with Crippen LogP contribution in [0.2, 0.25) is 5.02 Å². The van der Waals surface area contributed by atoms with E-state index in [0.29, 0.717) is 6.04 Å². The molecule has 0 fully saturated rings. The van der Waals surface area contributed by atoms with Gasteiger partial charge in [0.2, 0.25) is 0 Å². The van der Waals surface area contributed by atoms with Gasteiger partial charge in [0.15, 0.2) is 0 Å². The topological polar surface area (TPSA) is 21.3 Å². The van der Waals surface area contributed by atoms with Gasteiger partial charge < -0.3 is 10.1 Å². The van der Waals surface area contributed by atoms with Crippen molar-refractivity contribution in [3.63, 3.8) is 0 Å². The lowest BCUT2D eigenvalue weighted by atomic mass is 10.1. The van der Waals surface area contributed by atoms with Crippen molar-refractivity contribution in [2.45, 2.75) is 32.4 Å². The van der Waals surface area contributed by atoms with Crippen molar-refractivity contribution < 1.29 is 4.74 Å². The van der Waals surface area contributed by atoms with Crippen LogP contribution in [-0.2, 0) is 13.0 Å². The van der Waals surface area contributed by atoms with Crippen molar-refractivity contribution in [3.8, 4) is 5.75 Å². The fourth-order valence-electron chi connectivity index (χ4n) is 2.17. The molecule has 0 heterocycles. The van der Waals surface area contributed by atoms with Gasteiger partial charge in [0.25, 0.3) is 0 Å². The van der Waals surface area contributed by atoms with Crippen LogP contribution in [0.4, 0.5) is 0 Å². The van der Waals surface area contributed by atoms with Crippen molar-refractivity contribution in [1.82, 2.24) is 5.32 Å². The molecule has 3 heteroatoms. The van der Waals surface area contributed by atoms with Crippen LogP contribution < -0.4 is 10.1 Å². The Morgan fingerprint density at radius 2 is 1.62 bits per heavy atom. The molecule has 1 N–H and O–H groups in total. The van der Waals surface area contributed by atoms with Crippen LogP contribution >= 0.6 is 11.6 Å². The van der Waals surface area contributed by atoms with Crippen LogP contribution in [-0.4, -0.2) is 13.2 Å². The zero-order valence-corrected chi connectivity index (χ0v) is 13.4. The van der Waals surface area contributed by atoms with E-state index in [1.54, 1.807) is 7.11 Å². The van der Waals surface area contributed by atoms with Gasteiger partial charge in [-0.05, 0) is 55.2 Å². The second kappa shape index (κ2) is 8.06. The van der Waals surface area contributed by atoms with Gasteiger partial charge >= 0.3 is 0 Å². The maximum atomic E-state index is 5.88. The molecular formula is C18H22ClNO. The van der Waals surface area contributed by atoms with Gasteiger partial charge in [-0.1, -0.05) is 35.9 Å². The molecule has 21 heavy (non-hydrogen) atoms. The summed E-state index contributed by atoms with van der Waals surface area (Å²) in [5.41, 5.74) is 2.60. The minimum atomic E-state index is 0.475. The first-order valence-corrected chi connectivity index (χ1v) is 7.66. The fourth-order valence-corrected chi connectivity index (χ4v) is 2.30. The summed E-state index contributed by atoms with van der Waals surface area (Å²) in [6.45, 7) is 3.10. The van der Waals surface area contributed by atoms with E-state index >= 15 is 0 Å². The highest BCUT2D eigenvalue weighted by atomic mass is 35.5. The number of rotatable bonds is 7. The second-order valence-corrected chi connectivity index (χ2v) is 5.73. The Morgan fingerprint density at radius 3 is 2.24 bits per heavy atom. The quantitative estimate of drug-likeness (QED) is 0.815. The molecule has 0 saturated carbocycles. The molecule has 0 amide bonds. The summed E-state index contributed by atoms with van der Waals surface area (Å²) in [6.07, 6.45) is 2.18. The summed E-state index contributed by atoms with van der Waals surface area (Å²) in [4.78, 5) is 0. The molecule has 0 aliphatic carbocycles. The van der Waals surface area contributed by atoms with E-state index in [4.69, 9.17) is 16.3 Å². The lowest BCUT2D eigenvalue weighted by Gasteiger charge is -2.14. The van der Waals surface area contributed by atoms with Gasteiger partial charge in [0.1, 0.15) is 5.75 Å². The third-order valence-electron chi connectivity index (χ3n) is 3.59. The molecule has 112 valence electrons. The van der Waals surface area contributed by atoms with Gasteiger partial charge in [-0.2, -0.15) is 0 Å². The zero-order chi connectivity index (χ0) is 15.1. The van der Waals surface area contributed by atoms with Gasteiger partial charge in [-0.15, -0.1) is 0 Å². The molecule has 2 aromatic carbocycles. The molecule has 0 aromatic heterocycles. The van der Waals surface area contributed by atoms with Gasteiger partial charge in [0, 0.05) is 17.6 Å². The van der Waals surface area contributed by atoms with E-state index in [1.165, 1.54) is 11.1 Å². The highest BCUT2D eigenvalue weighted by Gasteiger charge is 2.03. The van der Waals surface area contributed by atoms with Crippen molar-refractivity contribution >= 4 is 11.6 Å². The number of aryl methyl sites for hydroxylation is 1. The molecule has 0 unspecified atom stereocenters. The first-order valence-electron chi connectivity index (χ1n) is 7.28. The van der Waals surface area contributed by atoms with Crippen LogP contribution in [0.5, 0.6) is 5.75 Å². The third kappa shape index (κ3) is 5.41. The summed E-state index contributed by atoms with van der Waals surface area (Å²) in [6, 6.07) is 16.7. The monoisotopic (exact) mass is 303 g/mol. The standard InChI is InChI=1S/C18H22ClNO/c1-14(20-13-16-5-9-17(19)10-6-16)3-4-15-7-11-18(21-2)12-8-15/h5-12,14,20H,3-4,13H2,1-2H3/t14-/m0/s1. The summed E-state index contributed by atoms with van der Waals surface area (Å²) >= 11 is 5.88. The number of hydrogen-bond donors (Lipinski definition) is 1. The van der Waals surface area contributed by atoms with Crippen LogP contribution in [0.1, 0.15) is 24.5 Å². The maximum Gasteiger partial charge on any atom is 0.118 e. The maximum absolute atomic E-state index is 5.88. The molecule has 0 aliphatic rings. The van der Waals surface area contributed by atoms with Gasteiger partial charge in [0.05, 0.1) is 7.11 Å². The van der Waals surface area contributed by atoms with E-state index < -0.39 is 0 Å². The SMILES string of the molecule is COc1ccc(CC[C@H](C)NCc2ccc(Cl)cc2)cc1. The Hall–Kier alpha value is -1.51. The van der Waals surface area contributed by atoms with E-state index in [1.807, 2.05) is 24.3 Å². The first kappa shape index (κ1) is 15.9. The van der Waals surface area contributed by atoms with Crippen molar-refractivity contribution in [1.29, 1.82) is 0 Å². The van der Waals surface area contributed by atoms with Gasteiger partial charge in [-0.3, -0.25) is 0 Å². The number of hydrogen-bond acceptors (Lipinski definition) is 2. The number of methoxy groups -OCH3 is 1. The third-order valence-corrected chi connectivity index (χ3v) is 3.84. The van der Waals surface area contributed by atoms with E-state index in [9.17, 15) is 0 Å². The van der Waals surface area contributed by atoms with Crippen LogP contribution in [0.3, 0.4) is 0 Å². The van der Waals surface area contributed by atoms with Crippen molar-refractivity contribution in [2.75, 3.05) is 7.11 Å². The molecule has 1 atom stereocenters. The molecule has 0 saturated heterocycles. The van der Waals surface area contributed by atoms with Crippen molar-refractivity contribution in [3.05, 3.63) is 64.7 Å². The Kier molecular flexibility index (Phi) is 6.09. The predicted octanol–water partition coefficient (Wildman–Crippen LogP) is 4.46. The molecule has 0 spiro atoms. The number of benzene rings is 2. The highest BCUT2D eigenvalue weighted by molar-refractivity contribution is 6.30. The van der Waals surface area contributed by atoms with Crippen molar-refractivity contribution in [2.24, 2.45) is 0 Å². The molecule has 2 rings (SSSR count). The first-order chi connectivity index (χ1) is 10.2. The largest absolute Gasteiger partial charge is 0.497 e. The normalized spacial score (nSPS) is 12.1. The molecule has 0 bridgehead atoms. The molecule has 0 aliphatic heterocycles. The Morgan fingerprint density at radius 1 is 1.00 bits per heavy atom. The zero-order valence-electron chi connectivity index (χ0n) is 12.6. The number of ether oxygens (including phenoxy) is 1. The molecule has 2 nitrogen and oxygen atoms in total. The van der Waals surface area contributed by atoms with E-state index in [2.05, 4.69) is 36.5 Å². The van der Waals surface area contributed by atoms with E-state index in [-0.39, 0.29) is 0 Å². The average molecular weight is 304 g/mol. The average Bonchev–Trinajstić information content (AvgIpc) is 2.53. The lowest BCUT2D eigenvalue weighted by molar-refractivity contribution is 0.414. The van der Waals surface area contributed by atoms with E-state index in [0.717, 1.165) is 30.2 Å². The van der Waals surface area contributed by atoms with Gasteiger partial charge in [-0.25, -0.2) is 0 Å². The summed E-state index contributed by atoms with van der Waals surface area (Å²) in [7, 11) is 1.69. The van der Waals surface area contributed by atoms with Crippen LogP contribution in [0.15, 0.2) is 48.5 Å². The number of halogens is 1. The predicted molar refractivity (Wildman–Crippen MR) is 89.1 cm³/mol.